The molecule has 0 saturated heterocycles. The Kier molecular flexibility index (Phi) is 5.74. The van der Waals surface area contributed by atoms with Gasteiger partial charge < -0.3 is 15.6 Å². The first-order chi connectivity index (χ1) is 12.0. The van der Waals surface area contributed by atoms with Gasteiger partial charge in [-0.2, -0.15) is 0 Å². The van der Waals surface area contributed by atoms with Crippen LogP contribution in [0.25, 0.3) is 10.9 Å². The summed E-state index contributed by atoms with van der Waals surface area (Å²) in [7, 11) is 0. The van der Waals surface area contributed by atoms with Crippen LogP contribution in [0.5, 0.6) is 0 Å². The number of H-pyrrole nitrogens is 1. The SMILES string of the molecule is Cc1ccc2cc(CCNC(=S)NC3CCCCC3)c(=O)[nH]c2c1C. The Hall–Kier alpha value is -1.88. The average molecular weight is 358 g/mol. The van der Waals surface area contributed by atoms with Gasteiger partial charge in [-0.3, -0.25) is 4.79 Å². The fourth-order valence-corrected chi connectivity index (χ4v) is 3.82. The summed E-state index contributed by atoms with van der Waals surface area (Å²) in [5.74, 6) is 0. The van der Waals surface area contributed by atoms with Crippen LogP contribution in [0, 0.1) is 13.8 Å². The highest BCUT2D eigenvalue weighted by molar-refractivity contribution is 7.80. The number of fused-ring (bicyclic) bond motifs is 1. The van der Waals surface area contributed by atoms with E-state index in [9.17, 15) is 4.79 Å². The van der Waals surface area contributed by atoms with Gasteiger partial charge in [-0.1, -0.05) is 31.4 Å². The van der Waals surface area contributed by atoms with Crippen molar-refractivity contribution in [2.45, 2.75) is 58.4 Å². The second kappa shape index (κ2) is 8.00. The number of hydrogen-bond acceptors (Lipinski definition) is 2. The topological polar surface area (TPSA) is 56.9 Å². The van der Waals surface area contributed by atoms with Crippen LogP contribution in [-0.4, -0.2) is 22.7 Å². The molecule has 25 heavy (non-hydrogen) atoms. The number of hydrogen-bond donors (Lipinski definition) is 3. The largest absolute Gasteiger partial charge is 0.362 e. The molecule has 0 amide bonds. The minimum absolute atomic E-state index is 0.00541. The number of aromatic nitrogens is 1. The molecule has 1 aliphatic carbocycles. The molecule has 0 bridgehead atoms. The summed E-state index contributed by atoms with van der Waals surface area (Å²) in [5.41, 5.74) is 4.06. The fraction of sp³-hybridized carbons (Fsp3) is 0.500. The second-order valence-corrected chi connectivity index (χ2v) is 7.49. The van der Waals surface area contributed by atoms with Crippen molar-refractivity contribution in [1.82, 2.24) is 15.6 Å². The highest BCUT2D eigenvalue weighted by Crippen LogP contribution is 2.19. The maximum atomic E-state index is 12.4. The number of aromatic amines is 1. The van der Waals surface area contributed by atoms with Crippen molar-refractivity contribution < 1.29 is 0 Å². The van der Waals surface area contributed by atoms with E-state index in [1.54, 1.807) is 0 Å². The molecule has 4 nitrogen and oxygen atoms in total. The summed E-state index contributed by atoms with van der Waals surface area (Å²) in [6, 6.07) is 6.67. The second-order valence-electron chi connectivity index (χ2n) is 7.08. The first-order valence-corrected chi connectivity index (χ1v) is 9.62. The zero-order chi connectivity index (χ0) is 17.8. The minimum Gasteiger partial charge on any atom is -0.362 e. The van der Waals surface area contributed by atoms with Gasteiger partial charge in [-0.25, -0.2) is 0 Å². The molecule has 1 heterocycles. The van der Waals surface area contributed by atoms with Gasteiger partial charge in [0.2, 0.25) is 0 Å². The lowest BCUT2D eigenvalue weighted by molar-refractivity contribution is 0.412. The van der Waals surface area contributed by atoms with E-state index in [0.717, 1.165) is 22.0 Å². The zero-order valence-corrected chi connectivity index (χ0v) is 15.9. The lowest BCUT2D eigenvalue weighted by Gasteiger charge is -2.24. The van der Waals surface area contributed by atoms with Crippen LogP contribution in [0.3, 0.4) is 0 Å². The quantitative estimate of drug-likeness (QED) is 0.733. The molecular weight excluding hydrogens is 330 g/mol. The van der Waals surface area contributed by atoms with Crippen LogP contribution in [-0.2, 0) is 6.42 Å². The molecule has 134 valence electrons. The third kappa shape index (κ3) is 4.40. The van der Waals surface area contributed by atoms with Crippen molar-refractivity contribution >= 4 is 28.2 Å². The highest BCUT2D eigenvalue weighted by atomic mass is 32.1. The normalized spacial score (nSPS) is 15.3. The van der Waals surface area contributed by atoms with Crippen molar-refractivity contribution in [3.63, 3.8) is 0 Å². The Morgan fingerprint density at radius 2 is 2.00 bits per heavy atom. The van der Waals surface area contributed by atoms with Crippen molar-refractivity contribution in [2.75, 3.05) is 6.54 Å². The third-order valence-electron chi connectivity index (χ3n) is 5.25. The molecule has 1 aromatic heterocycles. The molecule has 0 aliphatic heterocycles. The van der Waals surface area contributed by atoms with Gasteiger partial charge in [0.1, 0.15) is 0 Å². The van der Waals surface area contributed by atoms with Gasteiger partial charge in [-0.05, 0) is 67.9 Å². The van der Waals surface area contributed by atoms with Gasteiger partial charge in [0.25, 0.3) is 5.56 Å². The standard InChI is InChI=1S/C20H27N3OS/c1-13-8-9-15-12-16(19(24)23-18(15)14(13)2)10-11-21-20(25)22-17-6-4-3-5-7-17/h8-9,12,17H,3-7,10-11H2,1-2H3,(H,23,24)(H2,21,22,25). The number of pyridine rings is 1. The zero-order valence-electron chi connectivity index (χ0n) is 15.1. The highest BCUT2D eigenvalue weighted by Gasteiger charge is 2.13. The molecule has 2 aromatic rings. The van der Waals surface area contributed by atoms with E-state index in [4.69, 9.17) is 12.2 Å². The molecule has 0 spiro atoms. The molecule has 0 atom stereocenters. The molecule has 0 unspecified atom stereocenters. The molecule has 3 N–H and O–H groups in total. The summed E-state index contributed by atoms with van der Waals surface area (Å²) in [4.78, 5) is 15.4. The van der Waals surface area contributed by atoms with Gasteiger partial charge in [0.15, 0.2) is 5.11 Å². The van der Waals surface area contributed by atoms with Crippen molar-refractivity contribution in [2.24, 2.45) is 0 Å². The lowest BCUT2D eigenvalue weighted by atomic mass is 9.96. The molecule has 5 heteroatoms. The molecule has 0 radical (unpaired) electrons. The number of rotatable bonds is 4. The third-order valence-corrected chi connectivity index (χ3v) is 5.51. The van der Waals surface area contributed by atoms with Crippen molar-refractivity contribution in [1.29, 1.82) is 0 Å². The minimum atomic E-state index is -0.00541. The first kappa shape index (κ1) is 17.9. The summed E-state index contributed by atoms with van der Waals surface area (Å²) in [5, 5.41) is 8.43. The van der Waals surface area contributed by atoms with Crippen LogP contribution >= 0.6 is 12.2 Å². The monoisotopic (exact) mass is 357 g/mol. The van der Waals surface area contributed by atoms with Gasteiger partial charge in [-0.15, -0.1) is 0 Å². The maximum Gasteiger partial charge on any atom is 0.251 e. The smallest absolute Gasteiger partial charge is 0.251 e. The molecule has 1 aliphatic rings. The summed E-state index contributed by atoms with van der Waals surface area (Å²) < 4.78 is 0. The Morgan fingerprint density at radius 3 is 2.76 bits per heavy atom. The van der Waals surface area contributed by atoms with Crippen LogP contribution in [0.2, 0.25) is 0 Å². The van der Waals surface area contributed by atoms with E-state index in [1.807, 2.05) is 13.0 Å². The predicted octanol–water partition coefficient (Wildman–Crippen LogP) is 3.48. The van der Waals surface area contributed by atoms with Gasteiger partial charge in [0, 0.05) is 18.2 Å². The molecule has 3 rings (SSSR count). The van der Waals surface area contributed by atoms with Gasteiger partial charge in [0.05, 0.1) is 5.52 Å². The number of aryl methyl sites for hydroxylation is 2. The van der Waals surface area contributed by atoms with E-state index < -0.39 is 0 Å². The Labute approximate surface area is 154 Å². The van der Waals surface area contributed by atoms with E-state index >= 15 is 0 Å². The van der Waals surface area contributed by atoms with E-state index in [1.165, 1.54) is 37.7 Å². The molecule has 1 fully saturated rings. The molecule has 1 saturated carbocycles. The molecule has 1 aromatic carbocycles. The van der Waals surface area contributed by atoms with Crippen LogP contribution in [0.4, 0.5) is 0 Å². The van der Waals surface area contributed by atoms with Crippen LogP contribution in [0.15, 0.2) is 23.0 Å². The summed E-state index contributed by atoms with van der Waals surface area (Å²) in [6.45, 7) is 4.77. The Bertz CT molecular complexity index is 822. The van der Waals surface area contributed by atoms with E-state index in [-0.39, 0.29) is 5.56 Å². The number of thiocarbonyl (C=S) groups is 1. The average Bonchev–Trinajstić information content (AvgIpc) is 2.60. The van der Waals surface area contributed by atoms with Gasteiger partial charge >= 0.3 is 0 Å². The molecular formula is C20H27N3OS. The summed E-state index contributed by atoms with van der Waals surface area (Å²) in [6.07, 6.45) is 6.96. The predicted molar refractivity (Wildman–Crippen MR) is 108 cm³/mol. The Morgan fingerprint density at radius 1 is 1.24 bits per heavy atom. The van der Waals surface area contributed by atoms with E-state index in [2.05, 4.69) is 34.7 Å². The maximum absolute atomic E-state index is 12.4. The number of benzene rings is 1. The van der Waals surface area contributed by atoms with Crippen LogP contribution < -0.4 is 16.2 Å². The number of nitrogens with one attached hydrogen (secondary N) is 3. The lowest BCUT2D eigenvalue weighted by Crippen LogP contribution is -2.43. The summed E-state index contributed by atoms with van der Waals surface area (Å²) >= 11 is 5.38. The fourth-order valence-electron chi connectivity index (χ4n) is 3.55. The Balaban J connectivity index is 1.59. The van der Waals surface area contributed by atoms with E-state index in [0.29, 0.717) is 24.1 Å². The van der Waals surface area contributed by atoms with Crippen molar-refractivity contribution in [3.05, 3.63) is 45.2 Å². The first-order valence-electron chi connectivity index (χ1n) is 9.21. The van der Waals surface area contributed by atoms with Crippen LogP contribution in [0.1, 0.15) is 48.8 Å². The van der Waals surface area contributed by atoms with Crippen molar-refractivity contribution in [3.8, 4) is 0 Å².